The Morgan fingerprint density at radius 2 is 1.94 bits per heavy atom. The molecule has 0 aliphatic rings. The van der Waals surface area contributed by atoms with Crippen LogP contribution in [-0.2, 0) is 4.79 Å². The standard InChI is InChI=1S/C13H18BrNO2/c1-4-9(2)15-13(16)10(3)17-12-7-5-11(14)6-8-12/h5-10H,4H2,1-3H3,(H,15,16). The van der Waals surface area contributed by atoms with E-state index in [1.807, 2.05) is 38.1 Å². The van der Waals surface area contributed by atoms with Crippen molar-refractivity contribution in [3.63, 3.8) is 0 Å². The highest BCUT2D eigenvalue weighted by Crippen LogP contribution is 2.17. The molecule has 2 atom stereocenters. The summed E-state index contributed by atoms with van der Waals surface area (Å²) in [6.45, 7) is 5.76. The summed E-state index contributed by atoms with van der Waals surface area (Å²) in [4.78, 5) is 11.7. The zero-order valence-corrected chi connectivity index (χ0v) is 12.0. The highest BCUT2D eigenvalue weighted by atomic mass is 79.9. The average molecular weight is 300 g/mol. The van der Waals surface area contributed by atoms with Gasteiger partial charge >= 0.3 is 0 Å². The van der Waals surface area contributed by atoms with Crippen LogP contribution >= 0.6 is 15.9 Å². The van der Waals surface area contributed by atoms with Gasteiger partial charge in [-0.1, -0.05) is 22.9 Å². The van der Waals surface area contributed by atoms with Gasteiger partial charge in [0.1, 0.15) is 5.75 Å². The number of hydrogen-bond acceptors (Lipinski definition) is 2. The van der Waals surface area contributed by atoms with E-state index in [4.69, 9.17) is 4.74 Å². The minimum atomic E-state index is -0.481. The van der Waals surface area contributed by atoms with Gasteiger partial charge in [0.15, 0.2) is 6.10 Å². The maximum atomic E-state index is 11.7. The summed E-state index contributed by atoms with van der Waals surface area (Å²) < 4.78 is 6.53. The molecule has 17 heavy (non-hydrogen) atoms. The van der Waals surface area contributed by atoms with Crippen LogP contribution in [0.2, 0.25) is 0 Å². The summed E-state index contributed by atoms with van der Waals surface area (Å²) in [6, 6.07) is 7.61. The summed E-state index contributed by atoms with van der Waals surface area (Å²) in [5.41, 5.74) is 0. The van der Waals surface area contributed by atoms with Crippen LogP contribution < -0.4 is 10.1 Å². The van der Waals surface area contributed by atoms with Crippen LogP contribution in [0, 0.1) is 0 Å². The summed E-state index contributed by atoms with van der Waals surface area (Å²) >= 11 is 3.35. The first-order chi connectivity index (χ1) is 8.02. The van der Waals surface area contributed by atoms with Crippen molar-refractivity contribution in [3.8, 4) is 5.75 Å². The van der Waals surface area contributed by atoms with Crippen molar-refractivity contribution in [2.24, 2.45) is 0 Å². The van der Waals surface area contributed by atoms with E-state index >= 15 is 0 Å². The van der Waals surface area contributed by atoms with Gasteiger partial charge in [0, 0.05) is 10.5 Å². The van der Waals surface area contributed by atoms with Gasteiger partial charge in [-0.3, -0.25) is 4.79 Å². The molecule has 0 aliphatic heterocycles. The van der Waals surface area contributed by atoms with Crippen LogP contribution in [0.25, 0.3) is 0 Å². The number of amides is 1. The summed E-state index contributed by atoms with van der Waals surface area (Å²) in [5.74, 6) is 0.613. The lowest BCUT2D eigenvalue weighted by Gasteiger charge is -2.17. The Labute approximate surface area is 111 Å². The maximum absolute atomic E-state index is 11.7. The Balaban J connectivity index is 2.51. The predicted molar refractivity (Wildman–Crippen MR) is 72.1 cm³/mol. The molecule has 0 bridgehead atoms. The Bertz CT molecular complexity index is 364. The summed E-state index contributed by atoms with van der Waals surface area (Å²) in [7, 11) is 0. The number of nitrogens with one attached hydrogen (secondary N) is 1. The Morgan fingerprint density at radius 3 is 2.47 bits per heavy atom. The minimum Gasteiger partial charge on any atom is -0.481 e. The number of halogens is 1. The highest BCUT2D eigenvalue weighted by Gasteiger charge is 2.15. The second kappa shape index (κ2) is 6.64. The first kappa shape index (κ1) is 14.0. The first-order valence-corrected chi connectivity index (χ1v) is 6.54. The molecule has 1 aromatic rings. The molecular weight excluding hydrogens is 282 g/mol. The Kier molecular flexibility index (Phi) is 5.48. The van der Waals surface area contributed by atoms with E-state index in [2.05, 4.69) is 21.2 Å². The van der Waals surface area contributed by atoms with E-state index in [9.17, 15) is 4.79 Å². The van der Waals surface area contributed by atoms with Crippen molar-refractivity contribution in [1.29, 1.82) is 0 Å². The zero-order chi connectivity index (χ0) is 12.8. The molecular formula is C13H18BrNO2. The third-order valence-electron chi connectivity index (χ3n) is 2.50. The van der Waals surface area contributed by atoms with Crippen LogP contribution in [-0.4, -0.2) is 18.1 Å². The molecule has 1 amide bonds. The first-order valence-electron chi connectivity index (χ1n) is 5.75. The second-order valence-corrected chi connectivity index (χ2v) is 4.95. The largest absolute Gasteiger partial charge is 0.481 e. The van der Waals surface area contributed by atoms with Gasteiger partial charge in [0.25, 0.3) is 5.91 Å². The molecule has 0 saturated heterocycles. The van der Waals surface area contributed by atoms with Crippen LogP contribution in [0.5, 0.6) is 5.75 Å². The molecule has 3 nitrogen and oxygen atoms in total. The molecule has 1 aromatic carbocycles. The Hall–Kier alpha value is -1.03. The van der Waals surface area contributed by atoms with Crippen LogP contribution in [0.1, 0.15) is 27.2 Å². The lowest BCUT2D eigenvalue weighted by Crippen LogP contribution is -2.40. The summed E-state index contributed by atoms with van der Waals surface area (Å²) in [5, 5.41) is 2.89. The maximum Gasteiger partial charge on any atom is 0.260 e. The van der Waals surface area contributed by atoms with Crippen molar-refractivity contribution in [2.75, 3.05) is 0 Å². The number of carbonyl (C=O) groups is 1. The van der Waals surface area contributed by atoms with Crippen LogP contribution in [0.3, 0.4) is 0 Å². The van der Waals surface area contributed by atoms with E-state index in [-0.39, 0.29) is 11.9 Å². The molecule has 0 aromatic heterocycles. The molecule has 0 aliphatic carbocycles. The number of benzene rings is 1. The van der Waals surface area contributed by atoms with E-state index in [0.29, 0.717) is 5.75 Å². The van der Waals surface area contributed by atoms with Gasteiger partial charge in [-0.15, -0.1) is 0 Å². The van der Waals surface area contributed by atoms with Gasteiger partial charge in [-0.2, -0.15) is 0 Å². The molecule has 1 rings (SSSR count). The Morgan fingerprint density at radius 1 is 1.35 bits per heavy atom. The molecule has 1 N–H and O–H groups in total. The number of carbonyl (C=O) groups excluding carboxylic acids is 1. The molecule has 0 heterocycles. The van der Waals surface area contributed by atoms with Crippen molar-refractivity contribution in [2.45, 2.75) is 39.3 Å². The fourth-order valence-electron chi connectivity index (χ4n) is 1.23. The fraction of sp³-hybridized carbons (Fsp3) is 0.462. The molecule has 0 saturated carbocycles. The quantitative estimate of drug-likeness (QED) is 0.907. The van der Waals surface area contributed by atoms with Gasteiger partial charge in [0.05, 0.1) is 0 Å². The number of ether oxygens (including phenoxy) is 1. The zero-order valence-electron chi connectivity index (χ0n) is 10.4. The predicted octanol–water partition coefficient (Wildman–Crippen LogP) is 3.13. The molecule has 0 spiro atoms. The van der Waals surface area contributed by atoms with E-state index in [1.54, 1.807) is 6.92 Å². The third-order valence-corrected chi connectivity index (χ3v) is 3.03. The van der Waals surface area contributed by atoms with Gasteiger partial charge in [0.2, 0.25) is 0 Å². The smallest absolute Gasteiger partial charge is 0.260 e. The topological polar surface area (TPSA) is 38.3 Å². The monoisotopic (exact) mass is 299 g/mol. The molecule has 94 valence electrons. The SMILES string of the molecule is CCC(C)NC(=O)C(C)Oc1ccc(Br)cc1. The number of hydrogen-bond donors (Lipinski definition) is 1. The number of rotatable bonds is 5. The lowest BCUT2D eigenvalue weighted by molar-refractivity contribution is -0.127. The molecule has 4 heteroatoms. The van der Waals surface area contributed by atoms with Crippen molar-refractivity contribution in [3.05, 3.63) is 28.7 Å². The van der Waals surface area contributed by atoms with Crippen LogP contribution in [0.4, 0.5) is 0 Å². The molecule has 0 radical (unpaired) electrons. The van der Waals surface area contributed by atoms with Crippen molar-refractivity contribution in [1.82, 2.24) is 5.32 Å². The van der Waals surface area contributed by atoms with Gasteiger partial charge in [-0.05, 0) is 44.5 Å². The molecule has 0 fully saturated rings. The van der Waals surface area contributed by atoms with Gasteiger partial charge in [-0.25, -0.2) is 0 Å². The average Bonchev–Trinajstić information content (AvgIpc) is 2.31. The van der Waals surface area contributed by atoms with E-state index in [1.165, 1.54) is 0 Å². The molecule has 2 unspecified atom stereocenters. The highest BCUT2D eigenvalue weighted by molar-refractivity contribution is 9.10. The minimum absolute atomic E-state index is 0.0812. The van der Waals surface area contributed by atoms with Crippen molar-refractivity contribution >= 4 is 21.8 Å². The van der Waals surface area contributed by atoms with E-state index in [0.717, 1.165) is 10.9 Å². The van der Waals surface area contributed by atoms with E-state index < -0.39 is 6.10 Å². The normalized spacial score (nSPS) is 13.9. The van der Waals surface area contributed by atoms with Crippen molar-refractivity contribution < 1.29 is 9.53 Å². The lowest BCUT2D eigenvalue weighted by atomic mass is 10.2. The summed E-state index contributed by atoms with van der Waals surface area (Å²) in [6.07, 6.45) is 0.432. The van der Waals surface area contributed by atoms with Gasteiger partial charge < -0.3 is 10.1 Å². The fourth-order valence-corrected chi connectivity index (χ4v) is 1.50. The third kappa shape index (κ3) is 4.77. The van der Waals surface area contributed by atoms with Crippen LogP contribution in [0.15, 0.2) is 28.7 Å². The second-order valence-electron chi connectivity index (χ2n) is 4.03.